The highest BCUT2D eigenvalue weighted by molar-refractivity contribution is 5.94. The summed E-state index contributed by atoms with van der Waals surface area (Å²) in [5.41, 5.74) is 3.66. The Balaban J connectivity index is 1.60. The van der Waals surface area contributed by atoms with Gasteiger partial charge < -0.3 is 5.32 Å². The second-order valence-corrected chi connectivity index (χ2v) is 6.00. The standard InChI is InChI=1S/C19H22N6O/c1-3-15-13-21-14(2)23-18(15)16-5-7-17(8-6-16)19(26)20-9-4-11-25-12-10-22-24-25/h5-8,10,12-13H,3-4,9,11H2,1-2H3,(H,20,26). The summed E-state index contributed by atoms with van der Waals surface area (Å²) < 4.78 is 1.75. The molecule has 0 aliphatic rings. The van der Waals surface area contributed by atoms with E-state index in [1.165, 1.54) is 0 Å². The summed E-state index contributed by atoms with van der Waals surface area (Å²) in [5.74, 6) is 0.663. The van der Waals surface area contributed by atoms with Crippen molar-refractivity contribution in [3.05, 3.63) is 59.8 Å². The van der Waals surface area contributed by atoms with Crippen molar-refractivity contribution >= 4 is 5.91 Å². The summed E-state index contributed by atoms with van der Waals surface area (Å²) in [6.45, 7) is 5.28. The molecule has 3 rings (SSSR count). The number of aromatic nitrogens is 5. The minimum atomic E-state index is -0.0790. The second-order valence-electron chi connectivity index (χ2n) is 6.00. The van der Waals surface area contributed by atoms with Gasteiger partial charge in [0.25, 0.3) is 5.91 Å². The van der Waals surface area contributed by atoms with E-state index >= 15 is 0 Å². The molecule has 0 aliphatic carbocycles. The van der Waals surface area contributed by atoms with Crippen molar-refractivity contribution < 1.29 is 4.79 Å². The highest BCUT2D eigenvalue weighted by atomic mass is 16.1. The van der Waals surface area contributed by atoms with E-state index in [0.717, 1.165) is 42.0 Å². The molecule has 0 atom stereocenters. The van der Waals surface area contributed by atoms with Crippen molar-refractivity contribution in [3.63, 3.8) is 0 Å². The summed E-state index contributed by atoms with van der Waals surface area (Å²) >= 11 is 0. The Labute approximate surface area is 152 Å². The Morgan fingerprint density at radius 3 is 2.73 bits per heavy atom. The van der Waals surface area contributed by atoms with E-state index in [9.17, 15) is 4.79 Å². The number of carbonyl (C=O) groups is 1. The fourth-order valence-electron chi connectivity index (χ4n) is 2.68. The Morgan fingerprint density at radius 2 is 2.04 bits per heavy atom. The monoisotopic (exact) mass is 350 g/mol. The molecule has 2 heterocycles. The third-order valence-corrected chi connectivity index (χ3v) is 4.11. The number of hydrogen-bond donors (Lipinski definition) is 1. The van der Waals surface area contributed by atoms with Gasteiger partial charge in [-0.25, -0.2) is 9.97 Å². The molecule has 0 spiro atoms. The number of nitrogens with zero attached hydrogens (tertiary/aromatic N) is 5. The van der Waals surface area contributed by atoms with Gasteiger partial charge in [0.1, 0.15) is 5.82 Å². The van der Waals surface area contributed by atoms with Crippen LogP contribution in [0.5, 0.6) is 0 Å². The van der Waals surface area contributed by atoms with Crippen molar-refractivity contribution in [1.29, 1.82) is 0 Å². The molecular formula is C19H22N6O. The number of amides is 1. The van der Waals surface area contributed by atoms with Gasteiger partial charge in [-0.15, -0.1) is 5.10 Å². The fraction of sp³-hybridized carbons (Fsp3) is 0.316. The lowest BCUT2D eigenvalue weighted by molar-refractivity contribution is 0.0952. The van der Waals surface area contributed by atoms with Gasteiger partial charge >= 0.3 is 0 Å². The molecule has 0 saturated carbocycles. The van der Waals surface area contributed by atoms with Crippen molar-refractivity contribution in [2.45, 2.75) is 33.2 Å². The van der Waals surface area contributed by atoms with Crippen LogP contribution >= 0.6 is 0 Å². The van der Waals surface area contributed by atoms with Crippen LogP contribution in [0.1, 0.15) is 35.1 Å². The van der Waals surface area contributed by atoms with Crippen LogP contribution in [0.2, 0.25) is 0 Å². The Kier molecular flexibility index (Phi) is 5.68. The third-order valence-electron chi connectivity index (χ3n) is 4.11. The van der Waals surface area contributed by atoms with Crippen molar-refractivity contribution in [2.24, 2.45) is 0 Å². The molecule has 7 heteroatoms. The molecule has 0 saturated heterocycles. The van der Waals surface area contributed by atoms with Crippen molar-refractivity contribution in [1.82, 2.24) is 30.3 Å². The lowest BCUT2D eigenvalue weighted by Gasteiger charge is -2.09. The molecule has 1 N–H and O–H groups in total. The van der Waals surface area contributed by atoms with Gasteiger partial charge in [-0.05, 0) is 37.5 Å². The topological polar surface area (TPSA) is 85.6 Å². The minimum absolute atomic E-state index is 0.0790. The molecule has 2 aromatic heterocycles. The average Bonchev–Trinajstić information content (AvgIpc) is 3.18. The lowest BCUT2D eigenvalue weighted by atomic mass is 10.0. The van der Waals surface area contributed by atoms with Crippen molar-refractivity contribution in [3.8, 4) is 11.3 Å². The minimum Gasteiger partial charge on any atom is -0.352 e. The number of carbonyl (C=O) groups excluding carboxylic acids is 1. The first-order valence-corrected chi connectivity index (χ1v) is 8.72. The van der Waals surface area contributed by atoms with Crippen LogP contribution in [0.3, 0.4) is 0 Å². The van der Waals surface area contributed by atoms with Crippen LogP contribution in [0.15, 0.2) is 42.9 Å². The maximum absolute atomic E-state index is 12.3. The zero-order valence-electron chi connectivity index (χ0n) is 15.0. The Morgan fingerprint density at radius 1 is 1.23 bits per heavy atom. The normalized spacial score (nSPS) is 10.7. The molecular weight excluding hydrogens is 328 g/mol. The van der Waals surface area contributed by atoms with Gasteiger partial charge in [-0.2, -0.15) is 0 Å². The molecule has 134 valence electrons. The largest absolute Gasteiger partial charge is 0.352 e. The molecule has 0 bridgehead atoms. The van der Waals surface area contributed by atoms with Crippen LogP contribution < -0.4 is 5.32 Å². The van der Waals surface area contributed by atoms with Gasteiger partial charge in [0.05, 0.1) is 11.9 Å². The summed E-state index contributed by atoms with van der Waals surface area (Å²) in [6, 6.07) is 7.54. The van der Waals surface area contributed by atoms with Crippen LogP contribution in [0, 0.1) is 6.92 Å². The predicted molar refractivity (Wildman–Crippen MR) is 98.6 cm³/mol. The number of benzene rings is 1. The molecule has 0 fully saturated rings. The van der Waals surface area contributed by atoms with Crippen LogP contribution in [0.4, 0.5) is 0 Å². The first-order valence-electron chi connectivity index (χ1n) is 8.72. The quantitative estimate of drug-likeness (QED) is 0.662. The molecule has 1 aromatic carbocycles. The SMILES string of the molecule is CCc1cnc(C)nc1-c1ccc(C(=O)NCCCn2ccnn2)cc1. The molecule has 3 aromatic rings. The number of hydrogen-bond acceptors (Lipinski definition) is 5. The average molecular weight is 350 g/mol. The van der Waals surface area contributed by atoms with E-state index in [4.69, 9.17) is 0 Å². The smallest absolute Gasteiger partial charge is 0.251 e. The molecule has 26 heavy (non-hydrogen) atoms. The van der Waals surface area contributed by atoms with E-state index in [1.54, 1.807) is 17.1 Å². The van der Waals surface area contributed by atoms with Crippen molar-refractivity contribution in [2.75, 3.05) is 6.54 Å². The number of aryl methyl sites for hydroxylation is 3. The number of nitrogens with one attached hydrogen (secondary N) is 1. The van der Waals surface area contributed by atoms with E-state index in [2.05, 4.69) is 32.5 Å². The number of rotatable bonds is 7. The van der Waals surface area contributed by atoms with E-state index in [0.29, 0.717) is 12.1 Å². The summed E-state index contributed by atoms with van der Waals surface area (Å²) in [7, 11) is 0. The van der Waals surface area contributed by atoms with E-state index in [-0.39, 0.29) is 5.91 Å². The zero-order valence-corrected chi connectivity index (χ0v) is 15.0. The summed E-state index contributed by atoms with van der Waals surface area (Å²) in [5, 5.41) is 10.6. The maximum Gasteiger partial charge on any atom is 0.251 e. The Bertz CT molecular complexity index is 858. The van der Waals surface area contributed by atoms with Gasteiger partial charge in [0.2, 0.25) is 0 Å². The maximum atomic E-state index is 12.3. The highest BCUT2D eigenvalue weighted by Crippen LogP contribution is 2.22. The highest BCUT2D eigenvalue weighted by Gasteiger charge is 2.09. The second kappa shape index (κ2) is 8.33. The molecule has 1 amide bonds. The lowest BCUT2D eigenvalue weighted by Crippen LogP contribution is -2.25. The summed E-state index contributed by atoms with van der Waals surface area (Å²) in [4.78, 5) is 21.1. The van der Waals surface area contributed by atoms with Crippen LogP contribution in [-0.2, 0) is 13.0 Å². The third kappa shape index (κ3) is 4.30. The van der Waals surface area contributed by atoms with E-state index < -0.39 is 0 Å². The molecule has 0 aliphatic heterocycles. The van der Waals surface area contributed by atoms with E-state index in [1.807, 2.05) is 37.4 Å². The fourth-order valence-corrected chi connectivity index (χ4v) is 2.68. The van der Waals surface area contributed by atoms with Gasteiger partial charge in [0, 0.05) is 36.6 Å². The predicted octanol–water partition coefficient (Wildman–Crippen LogP) is 2.43. The first kappa shape index (κ1) is 17.7. The Hall–Kier alpha value is -3.09. The van der Waals surface area contributed by atoms with Crippen LogP contribution in [0.25, 0.3) is 11.3 Å². The summed E-state index contributed by atoms with van der Waals surface area (Å²) in [6.07, 6.45) is 6.98. The molecule has 0 radical (unpaired) electrons. The molecule has 0 unspecified atom stereocenters. The van der Waals surface area contributed by atoms with Gasteiger partial charge in [0.15, 0.2) is 0 Å². The molecule has 7 nitrogen and oxygen atoms in total. The zero-order chi connectivity index (χ0) is 18.4. The van der Waals surface area contributed by atoms with Gasteiger partial charge in [-0.3, -0.25) is 9.48 Å². The first-order chi connectivity index (χ1) is 12.7. The van der Waals surface area contributed by atoms with Crippen LogP contribution in [-0.4, -0.2) is 37.4 Å². The van der Waals surface area contributed by atoms with Gasteiger partial charge in [-0.1, -0.05) is 24.3 Å².